The Bertz CT molecular complexity index is 308. The van der Waals surface area contributed by atoms with Crippen LogP contribution in [0.1, 0.15) is 39.0 Å². The molecule has 2 bridgehead atoms. The molecule has 4 unspecified atom stereocenters. The predicted octanol–water partition coefficient (Wildman–Crippen LogP) is 0.907. The van der Waals surface area contributed by atoms with E-state index in [9.17, 15) is 4.79 Å². The molecule has 96 valence electrons. The lowest BCUT2D eigenvalue weighted by molar-refractivity contribution is -0.132. The number of amides is 1. The van der Waals surface area contributed by atoms with Crippen molar-refractivity contribution >= 4 is 5.91 Å². The molecule has 3 fully saturated rings. The van der Waals surface area contributed by atoms with Crippen LogP contribution in [0.3, 0.4) is 0 Å². The first kappa shape index (κ1) is 11.5. The topological polar surface area (TPSA) is 41.6 Å². The summed E-state index contributed by atoms with van der Waals surface area (Å²) < 4.78 is 5.85. The van der Waals surface area contributed by atoms with Crippen molar-refractivity contribution in [3.05, 3.63) is 0 Å². The van der Waals surface area contributed by atoms with Crippen molar-refractivity contribution < 1.29 is 9.53 Å². The Kier molecular flexibility index (Phi) is 3.09. The number of hydrogen-bond donors (Lipinski definition) is 1. The average molecular weight is 238 g/mol. The molecule has 3 saturated heterocycles. The number of hydrogen-bond acceptors (Lipinski definition) is 3. The maximum Gasteiger partial charge on any atom is 0.240 e. The number of ether oxygens (including phenoxy) is 1. The van der Waals surface area contributed by atoms with Crippen LogP contribution >= 0.6 is 0 Å². The highest BCUT2D eigenvalue weighted by Gasteiger charge is 2.47. The van der Waals surface area contributed by atoms with Gasteiger partial charge < -0.3 is 15.0 Å². The zero-order valence-corrected chi connectivity index (χ0v) is 10.5. The molecule has 3 aliphatic rings. The maximum absolute atomic E-state index is 12.3. The third kappa shape index (κ3) is 1.97. The van der Waals surface area contributed by atoms with E-state index in [1.807, 2.05) is 0 Å². The normalized spacial score (nSPS) is 40.5. The van der Waals surface area contributed by atoms with E-state index in [2.05, 4.69) is 17.1 Å². The number of carbonyl (C=O) groups is 1. The highest BCUT2D eigenvalue weighted by Crippen LogP contribution is 2.38. The maximum atomic E-state index is 12.3. The van der Waals surface area contributed by atoms with Gasteiger partial charge in [-0.25, -0.2) is 0 Å². The summed E-state index contributed by atoms with van der Waals surface area (Å²) in [6.45, 7) is 3.99. The van der Waals surface area contributed by atoms with Crippen LogP contribution in [0.4, 0.5) is 0 Å². The highest BCUT2D eigenvalue weighted by molar-refractivity contribution is 5.84. The zero-order chi connectivity index (χ0) is 11.8. The first-order valence-electron chi connectivity index (χ1n) is 6.99. The van der Waals surface area contributed by atoms with Gasteiger partial charge in [0.2, 0.25) is 5.91 Å². The Morgan fingerprint density at radius 1 is 1.41 bits per heavy atom. The summed E-state index contributed by atoms with van der Waals surface area (Å²) in [5.74, 6) is 0.305. The van der Waals surface area contributed by atoms with Crippen molar-refractivity contribution in [2.24, 2.45) is 0 Å². The zero-order valence-electron chi connectivity index (χ0n) is 10.5. The summed E-state index contributed by atoms with van der Waals surface area (Å²) in [7, 11) is 0. The Morgan fingerprint density at radius 3 is 2.94 bits per heavy atom. The van der Waals surface area contributed by atoms with Crippen LogP contribution in [0, 0.1) is 0 Å². The SMILES string of the molecule is CCCNC1CCN(C2CC3CCC2O3)C1=O. The molecule has 0 aromatic rings. The Labute approximate surface area is 103 Å². The van der Waals surface area contributed by atoms with Gasteiger partial charge in [-0.2, -0.15) is 0 Å². The average Bonchev–Trinajstić information content (AvgIpc) is 3.01. The van der Waals surface area contributed by atoms with E-state index in [1.54, 1.807) is 0 Å². The number of likely N-dealkylation sites (tertiary alicyclic amines) is 1. The molecule has 0 radical (unpaired) electrons. The second-order valence-corrected chi connectivity index (χ2v) is 5.50. The van der Waals surface area contributed by atoms with E-state index in [0.29, 0.717) is 24.2 Å². The Hall–Kier alpha value is -0.610. The second kappa shape index (κ2) is 4.58. The number of rotatable bonds is 4. The van der Waals surface area contributed by atoms with Crippen LogP contribution in [0.15, 0.2) is 0 Å². The van der Waals surface area contributed by atoms with Crippen molar-refractivity contribution in [3.63, 3.8) is 0 Å². The first-order chi connectivity index (χ1) is 8.29. The molecule has 1 amide bonds. The third-order valence-electron chi connectivity index (χ3n) is 4.35. The van der Waals surface area contributed by atoms with E-state index in [1.165, 1.54) is 6.42 Å². The summed E-state index contributed by atoms with van der Waals surface area (Å²) in [6, 6.07) is 0.434. The van der Waals surface area contributed by atoms with Gasteiger partial charge in [-0.05, 0) is 38.6 Å². The summed E-state index contributed by atoms with van der Waals surface area (Å²) in [5, 5.41) is 3.35. The van der Waals surface area contributed by atoms with Crippen molar-refractivity contribution in [3.8, 4) is 0 Å². The molecule has 0 aliphatic carbocycles. The Morgan fingerprint density at radius 2 is 2.29 bits per heavy atom. The van der Waals surface area contributed by atoms with Gasteiger partial charge >= 0.3 is 0 Å². The molecule has 0 saturated carbocycles. The number of fused-ring (bicyclic) bond motifs is 2. The fourth-order valence-electron chi connectivity index (χ4n) is 3.48. The lowest BCUT2D eigenvalue weighted by Crippen LogP contribution is -2.46. The molecule has 0 aromatic heterocycles. The van der Waals surface area contributed by atoms with E-state index in [-0.39, 0.29) is 6.04 Å². The van der Waals surface area contributed by atoms with E-state index >= 15 is 0 Å². The van der Waals surface area contributed by atoms with Crippen molar-refractivity contribution in [2.45, 2.75) is 63.3 Å². The minimum atomic E-state index is 0.0640. The van der Waals surface area contributed by atoms with Crippen LogP contribution in [-0.2, 0) is 9.53 Å². The standard InChI is InChI=1S/C13H22N2O2/c1-2-6-14-10-5-7-15(13(10)16)11-8-9-3-4-12(11)17-9/h9-12,14H,2-8H2,1H3. The minimum absolute atomic E-state index is 0.0640. The molecular formula is C13H22N2O2. The third-order valence-corrected chi connectivity index (χ3v) is 4.35. The van der Waals surface area contributed by atoms with Crippen molar-refractivity contribution in [1.29, 1.82) is 0 Å². The molecule has 1 N–H and O–H groups in total. The van der Waals surface area contributed by atoms with Crippen LogP contribution < -0.4 is 5.32 Å². The van der Waals surface area contributed by atoms with Gasteiger partial charge in [0.15, 0.2) is 0 Å². The van der Waals surface area contributed by atoms with Crippen molar-refractivity contribution in [1.82, 2.24) is 10.2 Å². The molecular weight excluding hydrogens is 216 g/mol. The van der Waals surface area contributed by atoms with Crippen molar-refractivity contribution in [2.75, 3.05) is 13.1 Å². The smallest absolute Gasteiger partial charge is 0.240 e. The summed E-state index contributed by atoms with van der Waals surface area (Å²) >= 11 is 0. The molecule has 0 spiro atoms. The van der Waals surface area contributed by atoms with Gasteiger partial charge in [-0.15, -0.1) is 0 Å². The van der Waals surface area contributed by atoms with E-state index in [0.717, 1.165) is 38.8 Å². The molecule has 3 heterocycles. The fraction of sp³-hybridized carbons (Fsp3) is 0.923. The molecule has 3 aliphatic heterocycles. The van der Waals surface area contributed by atoms with Crippen LogP contribution in [0.2, 0.25) is 0 Å². The van der Waals surface area contributed by atoms with Crippen LogP contribution in [-0.4, -0.2) is 48.2 Å². The summed E-state index contributed by atoms with van der Waals surface area (Å²) in [6.07, 6.45) is 6.21. The number of nitrogens with one attached hydrogen (secondary N) is 1. The van der Waals surface area contributed by atoms with E-state index in [4.69, 9.17) is 4.74 Å². The molecule has 3 rings (SSSR count). The molecule has 0 aromatic carbocycles. The number of carbonyl (C=O) groups excluding carboxylic acids is 1. The quantitative estimate of drug-likeness (QED) is 0.791. The fourth-order valence-corrected chi connectivity index (χ4v) is 3.48. The van der Waals surface area contributed by atoms with Gasteiger partial charge in [-0.3, -0.25) is 4.79 Å². The molecule has 4 atom stereocenters. The van der Waals surface area contributed by atoms with E-state index < -0.39 is 0 Å². The van der Waals surface area contributed by atoms with Crippen LogP contribution in [0.5, 0.6) is 0 Å². The highest BCUT2D eigenvalue weighted by atomic mass is 16.5. The molecule has 4 nitrogen and oxygen atoms in total. The molecule has 4 heteroatoms. The first-order valence-corrected chi connectivity index (χ1v) is 6.99. The van der Waals surface area contributed by atoms with Gasteiger partial charge in [0.25, 0.3) is 0 Å². The van der Waals surface area contributed by atoms with Gasteiger partial charge in [0.05, 0.1) is 24.3 Å². The Balaban J connectivity index is 1.60. The number of nitrogens with zero attached hydrogens (tertiary/aromatic N) is 1. The lowest BCUT2D eigenvalue weighted by atomic mass is 9.94. The minimum Gasteiger partial charge on any atom is -0.373 e. The molecule has 17 heavy (non-hydrogen) atoms. The monoisotopic (exact) mass is 238 g/mol. The predicted molar refractivity (Wildman–Crippen MR) is 64.7 cm³/mol. The van der Waals surface area contributed by atoms with Gasteiger partial charge in [0.1, 0.15) is 0 Å². The second-order valence-electron chi connectivity index (χ2n) is 5.50. The lowest BCUT2D eigenvalue weighted by Gasteiger charge is -2.29. The van der Waals surface area contributed by atoms with Gasteiger partial charge in [-0.1, -0.05) is 6.92 Å². The van der Waals surface area contributed by atoms with Crippen LogP contribution in [0.25, 0.3) is 0 Å². The van der Waals surface area contributed by atoms with Gasteiger partial charge in [0, 0.05) is 6.54 Å². The summed E-state index contributed by atoms with van der Waals surface area (Å²) in [5.41, 5.74) is 0. The largest absolute Gasteiger partial charge is 0.373 e. The summed E-state index contributed by atoms with van der Waals surface area (Å²) in [4.78, 5) is 14.4.